The van der Waals surface area contributed by atoms with Crippen LogP contribution in [0.25, 0.3) is 0 Å². The van der Waals surface area contributed by atoms with E-state index in [1.807, 2.05) is 0 Å². The number of hydrogen-bond donors (Lipinski definition) is 1. The Bertz CT molecular complexity index is 915. The molecule has 4 heteroatoms. The van der Waals surface area contributed by atoms with E-state index in [0.29, 0.717) is 18.6 Å². The molecule has 3 fully saturated rings. The van der Waals surface area contributed by atoms with Crippen LogP contribution >= 0.6 is 0 Å². The highest BCUT2D eigenvalue weighted by Gasteiger charge is 2.47. The van der Waals surface area contributed by atoms with Gasteiger partial charge in [-0.2, -0.15) is 0 Å². The van der Waals surface area contributed by atoms with E-state index in [1.165, 1.54) is 47.1 Å². The van der Waals surface area contributed by atoms with Crippen molar-refractivity contribution >= 4 is 0 Å². The molecule has 3 aliphatic rings. The minimum Gasteiger partial charge on any atom is -0.488 e. The van der Waals surface area contributed by atoms with Gasteiger partial charge in [-0.25, -0.2) is 0 Å². The molecule has 1 atom stereocenters. The van der Waals surface area contributed by atoms with E-state index in [1.54, 1.807) is 0 Å². The van der Waals surface area contributed by atoms with Crippen LogP contribution in [0.5, 0.6) is 5.75 Å². The maximum atomic E-state index is 6.48. The van der Waals surface area contributed by atoms with E-state index in [-0.39, 0.29) is 5.60 Å². The maximum absolute atomic E-state index is 6.48. The number of likely N-dealkylation sites (tertiary alicyclic amines) is 1. The number of ether oxygens (including phenoxy) is 2. The van der Waals surface area contributed by atoms with Crippen molar-refractivity contribution in [1.82, 2.24) is 10.2 Å². The SMILES string of the molecule is Cc1cc(C2CCN(C3COC4(CNC4)C3)CC2)c(OCc2ccccc2)c(C)c1C. The van der Waals surface area contributed by atoms with E-state index in [2.05, 4.69) is 67.4 Å². The summed E-state index contributed by atoms with van der Waals surface area (Å²) >= 11 is 0. The fourth-order valence-corrected chi connectivity index (χ4v) is 5.59. The van der Waals surface area contributed by atoms with Crippen molar-refractivity contribution < 1.29 is 9.47 Å². The predicted octanol–water partition coefficient (Wildman–Crippen LogP) is 4.50. The van der Waals surface area contributed by atoms with Gasteiger partial charge in [0.1, 0.15) is 12.4 Å². The van der Waals surface area contributed by atoms with E-state index >= 15 is 0 Å². The van der Waals surface area contributed by atoms with Gasteiger partial charge in [-0.1, -0.05) is 36.4 Å². The highest BCUT2D eigenvalue weighted by atomic mass is 16.5. The molecule has 0 radical (unpaired) electrons. The second kappa shape index (κ2) is 8.57. The number of piperidine rings is 1. The second-order valence-electron chi connectivity index (χ2n) is 9.90. The van der Waals surface area contributed by atoms with Crippen LogP contribution in [-0.2, 0) is 11.3 Å². The zero-order chi connectivity index (χ0) is 21.4. The van der Waals surface area contributed by atoms with Crippen molar-refractivity contribution in [2.24, 2.45) is 0 Å². The van der Waals surface area contributed by atoms with Crippen LogP contribution in [0.4, 0.5) is 0 Å². The summed E-state index contributed by atoms with van der Waals surface area (Å²) in [5.74, 6) is 1.69. The lowest BCUT2D eigenvalue weighted by Gasteiger charge is -2.40. The molecule has 0 bridgehead atoms. The maximum Gasteiger partial charge on any atom is 0.126 e. The van der Waals surface area contributed by atoms with Crippen molar-refractivity contribution in [1.29, 1.82) is 0 Å². The number of aryl methyl sites for hydroxylation is 1. The van der Waals surface area contributed by atoms with Crippen molar-refractivity contribution in [3.8, 4) is 5.75 Å². The summed E-state index contributed by atoms with van der Waals surface area (Å²) in [6, 6.07) is 13.5. The highest BCUT2D eigenvalue weighted by molar-refractivity contribution is 5.51. The number of rotatable bonds is 5. The third-order valence-electron chi connectivity index (χ3n) is 7.92. The summed E-state index contributed by atoms with van der Waals surface area (Å²) in [7, 11) is 0. The largest absolute Gasteiger partial charge is 0.488 e. The van der Waals surface area contributed by atoms with Gasteiger partial charge in [0.2, 0.25) is 0 Å². The van der Waals surface area contributed by atoms with Gasteiger partial charge in [0.25, 0.3) is 0 Å². The Morgan fingerprint density at radius 1 is 1.06 bits per heavy atom. The molecule has 4 nitrogen and oxygen atoms in total. The Balaban J connectivity index is 1.29. The molecule has 1 N–H and O–H groups in total. The van der Waals surface area contributed by atoms with Gasteiger partial charge in [0, 0.05) is 19.1 Å². The van der Waals surface area contributed by atoms with Crippen LogP contribution in [0.15, 0.2) is 36.4 Å². The average Bonchev–Trinajstić information content (AvgIpc) is 3.24. The molecule has 3 aliphatic heterocycles. The molecule has 1 unspecified atom stereocenters. The molecule has 1 spiro atoms. The van der Waals surface area contributed by atoms with Crippen LogP contribution in [0.1, 0.15) is 53.0 Å². The number of hydrogen-bond acceptors (Lipinski definition) is 4. The minimum absolute atomic E-state index is 0.144. The molecular formula is C27H36N2O2. The van der Waals surface area contributed by atoms with Crippen LogP contribution in [0, 0.1) is 20.8 Å². The number of nitrogens with zero attached hydrogens (tertiary/aromatic N) is 1. The summed E-state index contributed by atoms with van der Waals surface area (Å²) < 4.78 is 12.6. The fraction of sp³-hybridized carbons (Fsp3) is 0.556. The molecule has 2 aromatic carbocycles. The smallest absolute Gasteiger partial charge is 0.126 e. The quantitative estimate of drug-likeness (QED) is 0.772. The zero-order valence-corrected chi connectivity index (χ0v) is 19.2. The first-order valence-electron chi connectivity index (χ1n) is 11.9. The first-order chi connectivity index (χ1) is 15.0. The van der Waals surface area contributed by atoms with E-state index in [4.69, 9.17) is 9.47 Å². The lowest BCUT2D eigenvalue weighted by molar-refractivity contribution is -0.0367. The van der Waals surface area contributed by atoms with Gasteiger partial charge in [-0.3, -0.25) is 4.90 Å². The van der Waals surface area contributed by atoms with Crippen LogP contribution in [0.2, 0.25) is 0 Å². The van der Waals surface area contributed by atoms with E-state index < -0.39 is 0 Å². The monoisotopic (exact) mass is 420 g/mol. The average molecular weight is 421 g/mol. The first-order valence-corrected chi connectivity index (χ1v) is 11.9. The molecule has 2 aromatic rings. The Labute approximate surface area is 186 Å². The fourth-order valence-electron chi connectivity index (χ4n) is 5.59. The third kappa shape index (κ3) is 4.13. The molecule has 3 heterocycles. The Morgan fingerprint density at radius 2 is 1.81 bits per heavy atom. The topological polar surface area (TPSA) is 33.7 Å². The Kier molecular flexibility index (Phi) is 5.80. The molecule has 0 saturated carbocycles. The minimum atomic E-state index is 0.144. The summed E-state index contributed by atoms with van der Waals surface area (Å²) in [5.41, 5.74) is 6.82. The van der Waals surface area contributed by atoms with Crippen molar-refractivity contribution in [3.05, 3.63) is 64.2 Å². The molecule has 31 heavy (non-hydrogen) atoms. The van der Waals surface area contributed by atoms with Gasteiger partial charge < -0.3 is 14.8 Å². The van der Waals surface area contributed by atoms with Gasteiger partial charge in [-0.05, 0) is 86.9 Å². The molecule has 0 aromatic heterocycles. The third-order valence-corrected chi connectivity index (χ3v) is 7.92. The highest BCUT2D eigenvalue weighted by Crippen LogP contribution is 2.41. The molecular weight excluding hydrogens is 384 g/mol. The summed E-state index contributed by atoms with van der Waals surface area (Å²) in [6.07, 6.45) is 3.59. The summed E-state index contributed by atoms with van der Waals surface area (Å²) in [5, 5.41) is 3.38. The van der Waals surface area contributed by atoms with E-state index in [9.17, 15) is 0 Å². The molecule has 166 valence electrons. The van der Waals surface area contributed by atoms with E-state index in [0.717, 1.165) is 38.5 Å². The summed E-state index contributed by atoms with van der Waals surface area (Å²) in [6.45, 7) is 12.6. The number of nitrogens with one attached hydrogen (secondary N) is 1. The lowest BCUT2D eigenvalue weighted by Crippen LogP contribution is -2.59. The molecule has 0 aliphatic carbocycles. The lowest BCUT2D eigenvalue weighted by atomic mass is 9.84. The van der Waals surface area contributed by atoms with Crippen LogP contribution in [0.3, 0.4) is 0 Å². The molecule has 3 saturated heterocycles. The predicted molar refractivity (Wildman–Crippen MR) is 125 cm³/mol. The normalized spacial score (nSPS) is 23.8. The molecule has 5 rings (SSSR count). The first kappa shape index (κ1) is 21.0. The Morgan fingerprint density at radius 3 is 2.45 bits per heavy atom. The van der Waals surface area contributed by atoms with Gasteiger partial charge in [0.15, 0.2) is 0 Å². The zero-order valence-electron chi connectivity index (χ0n) is 19.2. The van der Waals surface area contributed by atoms with Crippen molar-refractivity contribution in [3.63, 3.8) is 0 Å². The second-order valence-corrected chi connectivity index (χ2v) is 9.90. The van der Waals surface area contributed by atoms with Gasteiger partial charge >= 0.3 is 0 Å². The summed E-state index contributed by atoms with van der Waals surface area (Å²) in [4.78, 5) is 2.68. The standard InChI is InChI=1S/C27H36N2O2/c1-19-13-25(26(21(3)20(19)2)30-15-22-7-5-4-6-8-22)23-9-11-29(12-10-23)24-14-27(31-16-24)17-28-18-27/h4-8,13,23-24,28H,9-12,14-18H2,1-3H3. The van der Waals surface area contributed by atoms with Crippen molar-refractivity contribution in [2.75, 3.05) is 32.8 Å². The van der Waals surface area contributed by atoms with Crippen LogP contribution in [-0.4, -0.2) is 49.3 Å². The van der Waals surface area contributed by atoms with Gasteiger partial charge in [0.05, 0.1) is 12.2 Å². The Hall–Kier alpha value is -1.88. The molecule has 0 amide bonds. The number of benzene rings is 2. The van der Waals surface area contributed by atoms with Crippen LogP contribution < -0.4 is 10.1 Å². The van der Waals surface area contributed by atoms with Crippen molar-refractivity contribution in [2.45, 2.75) is 64.2 Å². The van der Waals surface area contributed by atoms with Gasteiger partial charge in [-0.15, -0.1) is 0 Å².